The molecule has 0 unspecified atom stereocenters. The lowest BCUT2D eigenvalue weighted by Gasteiger charge is -2.47. The molecule has 1 aliphatic rings. The Labute approximate surface area is 194 Å². The molecule has 0 spiro atoms. The van der Waals surface area contributed by atoms with Crippen LogP contribution in [0.5, 0.6) is 5.75 Å². The van der Waals surface area contributed by atoms with Crippen LogP contribution in [0.2, 0.25) is 0 Å². The van der Waals surface area contributed by atoms with Gasteiger partial charge in [-0.05, 0) is 25.0 Å². The summed E-state index contributed by atoms with van der Waals surface area (Å²) in [5.41, 5.74) is -4.30. The minimum atomic E-state index is -4.87. The Bertz CT molecular complexity index is 1050. The van der Waals surface area contributed by atoms with Gasteiger partial charge in [0.25, 0.3) is 5.91 Å². The number of thiophene rings is 1. The highest BCUT2D eigenvalue weighted by molar-refractivity contribution is 7.10. The van der Waals surface area contributed by atoms with Crippen molar-refractivity contribution in [2.24, 2.45) is 0 Å². The van der Waals surface area contributed by atoms with E-state index in [1.165, 1.54) is 0 Å². The van der Waals surface area contributed by atoms with E-state index in [0.29, 0.717) is 29.9 Å². The van der Waals surface area contributed by atoms with Gasteiger partial charge in [-0.3, -0.25) is 9.78 Å². The van der Waals surface area contributed by atoms with Crippen LogP contribution in [0.25, 0.3) is 0 Å². The van der Waals surface area contributed by atoms with Gasteiger partial charge >= 0.3 is 18.3 Å². The van der Waals surface area contributed by atoms with Crippen LogP contribution in [0, 0.1) is 0 Å². The topological polar surface area (TPSA) is 79.7 Å². The summed E-state index contributed by atoms with van der Waals surface area (Å²) >= 11 is 0.320. The number of ether oxygens (including phenoxy) is 1. The Morgan fingerprint density at radius 2 is 1.97 bits per heavy atom. The molecule has 0 saturated carbocycles. The molecule has 0 radical (unpaired) electrons. The van der Waals surface area contributed by atoms with E-state index < -0.39 is 52.0 Å². The number of carboxylic acids is 1. The van der Waals surface area contributed by atoms with Crippen LogP contribution in [-0.4, -0.2) is 45.1 Å². The number of aromatic nitrogens is 1. The molecule has 2 atom stereocenters. The average molecular weight is 510 g/mol. The van der Waals surface area contributed by atoms with Gasteiger partial charge in [0.15, 0.2) is 0 Å². The van der Waals surface area contributed by atoms with E-state index in [-0.39, 0.29) is 31.6 Å². The lowest BCUT2D eigenvalue weighted by molar-refractivity contribution is -0.166. The van der Waals surface area contributed by atoms with Crippen molar-refractivity contribution in [3.63, 3.8) is 0 Å². The van der Waals surface area contributed by atoms with Gasteiger partial charge in [0.05, 0.1) is 11.6 Å². The molecule has 6 nitrogen and oxygen atoms in total. The highest BCUT2D eigenvalue weighted by Gasteiger charge is 2.55. The number of carboxylic acid groups (broad SMARTS) is 1. The first-order valence-corrected chi connectivity index (χ1v) is 11.1. The van der Waals surface area contributed by atoms with Gasteiger partial charge in [-0.2, -0.15) is 26.3 Å². The number of likely N-dealkylation sites (tertiary alicyclic amines) is 1. The number of piperidine rings is 1. The molecule has 186 valence electrons. The highest BCUT2D eigenvalue weighted by Crippen LogP contribution is 2.41. The van der Waals surface area contributed by atoms with Gasteiger partial charge in [0.1, 0.15) is 16.3 Å². The SMILES string of the molecule is CCC[C@H]1N(C(=O)c2ncccc2C(F)(F)F)CCC[C@@]1(Oc1csc(C(F)(F)F)c1)C(=O)O. The summed E-state index contributed by atoms with van der Waals surface area (Å²) in [6.07, 6.45) is -8.26. The number of aliphatic carboxylic acids is 1. The summed E-state index contributed by atoms with van der Waals surface area (Å²) in [4.78, 5) is 29.2. The van der Waals surface area contributed by atoms with E-state index in [0.717, 1.165) is 22.5 Å². The van der Waals surface area contributed by atoms with Crippen molar-refractivity contribution in [2.75, 3.05) is 6.54 Å². The second-order valence-electron chi connectivity index (χ2n) is 7.75. The van der Waals surface area contributed by atoms with Crippen molar-refractivity contribution < 1.29 is 45.8 Å². The predicted molar refractivity (Wildman–Crippen MR) is 109 cm³/mol. The second-order valence-corrected chi connectivity index (χ2v) is 8.66. The average Bonchev–Trinajstić information content (AvgIpc) is 3.23. The number of hydrogen-bond acceptors (Lipinski definition) is 5. The summed E-state index contributed by atoms with van der Waals surface area (Å²) in [7, 11) is 0. The molecule has 1 N–H and O–H groups in total. The number of rotatable bonds is 6. The van der Waals surface area contributed by atoms with E-state index in [2.05, 4.69) is 4.98 Å². The first-order valence-electron chi connectivity index (χ1n) is 10.2. The van der Waals surface area contributed by atoms with Gasteiger partial charge in [-0.15, -0.1) is 11.3 Å². The summed E-state index contributed by atoms with van der Waals surface area (Å²) in [5, 5.41) is 11.1. The van der Waals surface area contributed by atoms with E-state index in [4.69, 9.17) is 4.74 Å². The van der Waals surface area contributed by atoms with Gasteiger partial charge in [-0.1, -0.05) is 13.3 Å². The third-order valence-corrected chi connectivity index (χ3v) is 6.47. The van der Waals surface area contributed by atoms with Crippen molar-refractivity contribution in [2.45, 2.75) is 56.6 Å². The molecule has 1 saturated heterocycles. The number of carbonyl (C=O) groups excluding carboxylic acids is 1. The third kappa shape index (κ3) is 4.98. The Morgan fingerprint density at radius 1 is 1.26 bits per heavy atom. The van der Waals surface area contributed by atoms with E-state index in [1.807, 2.05) is 0 Å². The monoisotopic (exact) mass is 510 g/mol. The molecule has 1 aliphatic heterocycles. The Balaban J connectivity index is 2.04. The van der Waals surface area contributed by atoms with E-state index in [9.17, 15) is 41.0 Å². The number of pyridine rings is 1. The maximum atomic E-state index is 13.5. The van der Waals surface area contributed by atoms with E-state index >= 15 is 0 Å². The maximum Gasteiger partial charge on any atom is 0.425 e. The highest BCUT2D eigenvalue weighted by atomic mass is 32.1. The molecule has 13 heteroatoms. The standard InChI is InChI=1S/C21H20F6N2O4S/c1-2-5-14-19(18(31)32,33-12-10-15(34-11-12)21(25,26)27)7-4-9-29(14)17(30)16-13(20(22,23)24)6-3-8-28-16/h3,6,8,10-11,14H,2,4-5,7,9H2,1H3,(H,31,32)/t14-,19+/m1/s1. The van der Waals surface area contributed by atoms with Crippen molar-refractivity contribution in [1.29, 1.82) is 0 Å². The van der Waals surface area contributed by atoms with Crippen LogP contribution in [-0.2, 0) is 17.1 Å². The first kappa shape index (κ1) is 25.8. The van der Waals surface area contributed by atoms with Crippen molar-refractivity contribution in [3.05, 3.63) is 45.9 Å². The molecule has 0 aromatic carbocycles. The quantitative estimate of drug-likeness (QED) is 0.520. The van der Waals surface area contributed by atoms with Crippen molar-refractivity contribution in [3.8, 4) is 5.75 Å². The number of halogens is 6. The van der Waals surface area contributed by atoms with Crippen molar-refractivity contribution in [1.82, 2.24) is 9.88 Å². The molecular weight excluding hydrogens is 490 g/mol. The molecule has 2 aromatic heterocycles. The molecular formula is C21H20F6N2O4S. The normalized spacial score (nSPS) is 21.4. The molecule has 3 heterocycles. The molecule has 0 aliphatic carbocycles. The Hall–Kier alpha value is -2.83. The summed E-state index contributed by atoms with van der Waals surface area (Å²) in [5.74, 6) is -2.99. The molecule has 34 heavy (non-hydrogen) atoms. The summed E-state index contributed by atoms with van der Waals surface area (Å²) < 4.78 is 85.1. The minimum Gasteiger partial charge on any atom is -0.478 e. The maximum absolute atomic E-state index is 13.5. The molecule has 0 bridgehead atoms. The van der Waals surface area contributed by atoms with Crippen LogP contribution in [0.3, 0.4) is 0 Å². The Morgan fingerprint density at radius 3 is 2.53 bits per heavy atom. The zero-order valence-electron chi connectivity index (χ0n) is 17.7. The third-order valence-electron chi connectivity index (χ3n) is 5.52. The fourth-order valence-electron chi connectivity index (χ4n) is 4.08. The molecule has 2 aromatic rings. The summed E-state index contributed by atoms with van der Waals surface area (Å²) in [6, 6.07) is 1.15. The molecule has 1 amide bonds. The fourth-order valence-corrected chi connectivity index (χ4v) is 4.75. The zero-order valence-corrected chi connectivity index (χ0v) is 18.6. The Kier molecular flexibility index (Phi) is 7.15. The minimum absolute atomic E-state index is 0.0302. The number of hydrogen-bond donors (Lipinski definition) is 1. The largest absolute Gasteiger partial charge is 0.478 e. The predicted octanol–water partition coefficient (Wildman–Crippen LogP) is 5.49. The zero-order chi connectivity index (χ0) is 25.3. The van der Waals surface area contributed by atoms with Crippen LogP contribution in [0.4, 0.5) is 26.3 Å². The van der Waals surface area contributed by atoms with Gasteiger partial charge in [0, 0.05) is 30.6 Å². The fraction of sp³-hybridized carbons (Fsp3) is 0.476. The van der Waals surface area contributed by atoms with Crippen LogP contribution in [0.1, 0.15) is 53.5 Å². The van der Waals surface area contributed by atoms with Crippen LogP contribution >= 0.6 is 11.3 Å². The molecule has 3 rings (SSSR count). The summed E-state index contributed by atoms with van der Waals surface area (Å²) in [6.45, 7) is 1.62. The van der Waals surface area contributed by atoms with Crippen LogP contribution < -0.4 is 4.74 Å². The van der Waals surface area contributed by atoms with Crippen molar-refractivity contribution >= 4 is 23.2 Å². The number of amides is 1. The lowest BCUT2D eigenvalue weighted by Crippen LogP contribution is -2.65. The van der Waals surface area contributed by atoms with Gasteiger partial charge in [-0.25, -0.2) is 4.79 Å². The van der Waals surface area contributed by atoms with E-state index in [1.54, 1.807) is 6.92 Å². The number of nitrogens with zero attached hydrogens (tertiary/aromatic N) is 2. The van der Waals surface area contributed by atoms with Gasteiger partial charge < -0.3 is 14.7 Å². The van der Waals surface area contributed by atoms with Crippen LogP contribution in [0.15, 0.2) is 29.8 Å². The second kappa shape index (κ2) is 9.43. The smallest absolute Gasteiger partial charge is 0.425 e. The molecule has 1 fully saturated rings. The van der Waals surface area contributed by atoms with Gasteiger partial charge in [0.2, 0.25) is 5.60 Å². The number of carbonyl (C=O) groups is 2. The first-order chi connectivity index (χ1) is 15.8. The number of alkyl halides is 6. The lowest BCUT2D eigenvalue weighted by atomic mass is 9.81.